The van der Waals surface area contributed by atoms with Gasteiger partial charge in [-0.1, -0.05) is 12.1 Å². The summed E-state index contributed by atoms with van der Waals surface area (Å²) in [6.07, 6.45) is 2.68. The summed E-state index contributed by atoms with van der Waals surface area (Å²) in [5.41, 5.74) is 6.40. The summed E-state index contributed by atoms with van der Waals surface area (Å²) >= 11 is 0. The molecule has 2 rings (SSSR count). The molecule has 0 aliphatic carbocycles. The van der Waals surface area contributed by atoms with Gasteiger partial charge in [-0.15, -0.1) is 0 Å². The molecular weight excluding hydrogens is 352 g/mol. The van der Waals surface area contributed by atoms with Crippen molar-refractivity contribution in [1.82, 2.24) is 4.90 Å². The maximum Gasteiger partial charge on any atom is 0.247 e. The molecule has 8 nitrogen and oxygen atoms in total. The minimum absolute atomic E-state index is 0.0548. The Morgan fingerprint density at radius 3 is 2.15 bits per heavy atom. The fraction of sp³-hybridized carbons (Fsp3) is 0.158. The Hall–Kier alpha value is -3.68. The highest BCUT2D eigenvalue weighted by Gasteiger charge is 2.24. The fourth-order valence-corrected chi connectivity index (χ4v) is 2.43. The lowest BCUT2D eigenvalue weighted by atomic mass is 10.0. The zero-order valence-corrected chi connectivity index (χ0v) is 14.5. The zero-order valence-electron chi connectivity index (χ0n) is 14.5. The molecule has 0 unspecified atom stereocenters. The van der Waals surface area contributed by atoms with E-state index < -0.39 is 17.9 Å². The van der Waals surface area contributed by atoms with Crippen molar-refractivity contribution in [2.45, 2.75) is 12.5 Å². The van der Waals surface area contributed by atoms with E-state index in [2.05, 4.69) is 0 Å². The van der Waals surface area contributed by atoms with E-state index in [1.165, 1.54) is 55.6 Å². The first kappa shape index (κ1) is 19.6. The summed E-state index contributed by atoms with van der Waals surface area (Å²) < 4.78 is 0. The molecule has 0 radical (unpaired) electrons. The van der Waals surface area contributed by atoms with Crippen LogP contribution in [0.2, 0.25) is 0 Å². The summed E-state index contributed by atoms with van der Waals surface area (Å²) in [6.45, 7) is 0. The zero-order chi connectivity index (χ0) is 20.1. The minimum atomic E-state index is -0.973. The Balaban J connectivity index is 2.14. The van der Waals surface area contributed by atoms with Gasteiger partial charge in [0.25, 0.3) is 0 Å². The van der Waals surface area contributed by atoms with Crippen molar-refractivity contribution in [3.8, 4) is 23.0 Å². The van der Waals surface area contributed by atoms with Crippen LogP contribution in [0.1, 0.15) is 11.1 Å². The molecule has 0 aromatic heterocycles. The molecule has 142 valence electrons. The number of benzene rings is 2. The second-order valence-electron chi connectivity index (χ2n) is 5.98. The van der Waals surface area contributed by atoms with Crippen molar-refractivity contribution in [2.75, 3.05) is 7.05 Å². The smallest absolute Gasteiger partial charge is 0.247 e. The van der Waals surface area contributed by atoms with E-state index in [9.17, 15) is 30.0 Å². The van der Waals surface area contributed by atoms with E-state index in [4.69, 9.17) is 5.73 Å². The van der Waals surface area contributed by atoms with E-state index >= 15 is 0 Å². The SMILES string of the molecule is CN(C(=O)/C=C/c1ccc(O)c(O)c1)[C@@H](Cc1ccc(O)c(O)c1)C(N)=O. The van der Waals surface area contributed by atoms with Crippen LogP contribution in [0.3, 0.4) is 0 Å². The first-order valence-electron chi connectivity index (χ1n) is 7.96. The second kappa shape index (κ2) is 8.13. The van der Waals surface area contributed by atoms with Crippen molar-refractivity contribution in [3.05, 3.63) is 53.6 Å². The number of hydrogen-bond acceptors (Lipinski definition) is 6. The first-order valence-corrected chi connectivity index (χ1v) is 7.96. The molecule has 0 bridgehead atoms. The van der Waals surface area contributed by atoms with Gasteiger partial charge in [0, 0.05) is 19.5 Å². The van der Waals surface area contributed by atoms with Crippen LogP contribution in [0, 0.1) is 0 Å². The fourth-order valence-electron chi connectivity index (χ4n) is 2.43. The monoisotopic (exact) mass is 372 g/mol. The number of phenolic OH excluding ortho intramolecular Hbond substituents is 4. The molecular formula is C19H20N2O6. The van der Waals surface area contributed by atoms with Gasteiger partial charge in [-0.25, -0.2) is 0 Å². The molecule has 2 aromatic carbocycles. The average molecular weight is 372 g/mol. The van der Waals surface area contributed by atoms with Gasteiger partial charge < -0.3 is 31.1 Å². The van der Waals surface area contributed by atoms with Gasteiger partial charge in [0.05, 0.1) is 0 Å². The lowest BCUT2D eigenvalue weighted by Gasteiger charge is -2.24. The van der Waals surface area contributed by atoms with Crippen LogP contribution >= 0.6 is 0 Å². The first-order chi connectivity index (χ1) is 12.7. The van der Waals surface area contributed by atoms with Gasteiger partial charge in [0.1, 0.15) is 6.04 Å². The van der Waals surface area contributed by atoms with E-state index in [1.54, 1.807) is 0 Å². The number of aromatic hydroxyl groups is 4. The summed E-state index contributed by atoms with van der Waals surface area (Å²) in [5, 5.41) is 37.7. The molecule has 0 saturated carbocycles. The number of nitrogens with zero attached hydrogens (tertiary/aromatic N) is 1. The second-order valence-corrected chi connectivity index (χ2v) is 5.98. The molecule has 27 heavy (non-hydrogen) atoms. The molecule has 0 spiro atoms. The number of phenols is 4. The van der Waals surface area contributed by atoms with Gasteiger partial charge in [-0.05, 0) is 41.5 Å². The molecule has 0 fully saturated rings. The van der Waals surface area contributed by atoms with Crippen LogP contribution in [0.25, 0.3) is 6.08 Å². The third-order valence-corrected chi connectivity index (χ3v) is 4.03. The van der Waals surface area contributed by atoms with Crippen LogP contribution in [-0.2, 0) is 16.0 Å². The Morgan fingerprint density at radius 1 is 1.00 bits per heavy atom. The molecule has 8 heteroatoms. The molecule has 2 amide bonds. The Morgan fingerprint density at radius 2 is 1.59 bits per heavy atom. The third-order valence-electron chi connectivity index (χ3n) is 4.03. The number of likely N-dealkylation sites (N-methyl/N-ethyl adjacent to an activating group) is 1. The lowest BCUT2D eigenvalue weighted by molar-refractivity contribution is -0.134. The van der Waals surface area contributed by atoms with Gasteiger partial charge in [0.2, 0.25) is 11.8 Å². The predicted molar refractivity (Wildman–Crippen MR) is 98.0 cm³/mol. The summed E-state index contributed by atoms with van der Waals surface area (Å²) in [7, 11) is 1.41. The molecule has 0 heterocycles. The van der Waals surface area contributed by atoms with Crippen LogP contribution < -0.4 is 5.73 Å². The van der Waals surface area contributed by atoms with Crippen LogP contribution in [0.15, 0.2) is 42.5 Å². The summed E-state index contributed by atoms with van der Waals surface area (Å²) in [4.78, 5) is 25.3. The number of hydrogen-bond donors (Lipinski definition) is 5. The van der Waals surface area contributed by atoms with E-state index in [-0.39, 0.29) is 29.4 Å². The van der Waals surface area contributed by atoms with Crippen LogP contribution in [0.5, 0.6) is 23.0 Å². The van der Waals surface area contributed by atoms with Crippen molar-refractivity contribution < 1.29 is 30.0 Å². The van der Waals surface area contributed by atoms with Crippen LogP contribution in [0.4, 0.5) is 0 Å². The molecule has 0 aliphatic rings. The molecule has 2 aromatic rings. The topological polar surface area (TPSA) is 144 Å². The summed E-state index contributed by atoms with van der Waals surface area (Å²) in [6, 6.07) is 7.18. The quantitative estimate of drug-likeness (QED) is 0.379. The molecule has 0 aliphatic heterocycles. The Kier molecular flexibility index (Phi) is 5.92. The number of rotatable bonds is 6. The molecule has 6 N–H and O–H groups in total. The largest absolute Gasteiger partial charge is 0.504 e. The predicted octanol–water partition coefficient (Wildman–Crippen LogP) is 1.08. The summed E-state index contributed by atoms with van der Waals surface area (Å²) in [5.74, 6) is -2.46. The third kappa shape index (κ3) is 4.91. The minimum Gasteiger partial charge on any atom is -0.504 e. The Bertz CT molecular complexity index is 894. The Labute approximate surface area is 155 Å². The standard InChI is InChI=1S/C19H20N2O6/c1-21(18(26)7-4-11-2-5-14(22)16(24)9-11)13(19(20)27)8-12-3-6-15(23)17(25)10-12/h2-7,9-10,13,22-25H,8H2,1H3,(H2,20,27)/b7-4+/t13-/m0/s1. The number of carbonyl (C=O) groups is 2. The van der Waals surface area contributed by atoms with Gasteiger partial charge >= 0.3 is 0 Å². The molecule has 0 saturated heterocycles. The number of nitrogens with two attached hydrogens (primary N) is 1. The van der Waals surface area contributed by atoms with Gasteiger partial charge in [0.15, 0.2) is 23.0 Å². The van der Waals surface area contributed by atoms with E-state index in [1.807, 2.05) is 0 Å². The van der Waals surface area contributed by atoms with Crippen LogP contribution in [-0.4, -0.2) is 50.2 Å². The van der Waals surface area contributed by atoms with Gasteiger partial charge in [-0.2, -0.15) is 0 Å². The van der Waals surface area contributed by atoms with Gasteiger partial charge in [-0.3, -0.25) is 9.59 Å². The number of amides is 2. The molecule has 1 atom stereocenters. The highest BCUT2D eigenvalue weighted by Crippen LogP contribution is 2.26. The average Bonchev–Trinajstić information content (AvgIpc) is 2.62. The number of primary amides is 1. The highest BCUT2D eigenvalue weighted by molar-refractivity contribution is 5.95. The number of carbonyl (C=O) groups excluding carboxylic acids is 2. The van der Waals surface area contributed by atoms with E-state index in [0.717, 1.165) is 4.90 Å². The van der Waals surface area contributed by atoms with Crippen molar-refractivity contribution in [3.63, 3.8) is 0 Å². The lowest BCUT2D eigenvalue weighted by Crippen LogP contribution is -2.46. The highest BCUT2D eigenvalue weighted by atomic mass is 16.3. The van der Waals surface area contributed by atoms with Crippen molar-refractivity contribution in [2.24, 2.45) is 5.73 Å². The maximum absolute atomic E-state index is 12.4. The maximum atomic E-state index is 12.4. The normalized spacial score (nSPS) is 12.0. The van der Waals surface area contributed by atoms with Crippen molar-refractivity contribution >= 4 is 17.9 Å². The van der Waals surface area contributed by atoms with E-state index in [0.29, 0.717) is 11.1 Å². The van der Waals surface area contributed by atoms with Crippen molar-refractivity contribution in [1.29, 1.82) is 0 Å².